The van der Waals surface area contributed by atoms with Crippen molar-refractivity contribution < 1.29 is 31.1 Å². The fourth-order valence-corrected chi connectivity index (χ4v) is 7.66. The number of alkyl halides is 6. The van der Waals surface area contributed by atoms with Crippen LogP contribution in [0.5, 0.6) is 0 Å². The third kappa shape index (κ3) is 7.76. The van der Waals surface area contributed by atoms with Gasteiger partial charge in [0.05, 0.1) is 23.8 Å². The molecule has 10 nitrogen and oxygen atoms in total. The van der Waals surface area contributed by atoms with Crippen LogP contribution in [0.25, 0.3) is 0 Å². The summed E-state index contributed by atoms with van der Waals surface area (Å²) in [5.41, 5.74) is -4.08. The summed E-state index contributed by atoms with van der Waals surface area (Å²) in [6, 6.07) is -1.00. The molecule has 4 fully saturated rings. The molecule has 2 unspecified atom stereocenters. The highest BCUT2D eigenvalue weighted by Crippen LogP contribution is 2.43. The summed E-state index contributed by atoms with van der Waals surface area (Å²) in [4.78, 5) is 29.0. The maximum Gasteiger partial charge on any atom is 0.423 e. The molecule has 1 spiro atoms. The first-order valence-electron chi connectivity index (χ1n) is 16.1. The van der Waals surface area contributed by atoms with Crippen molar-refractivity contribution in [1.82, 2.24) is 35.9 Å². The first kappa shape index (κ1) is 33.9. The topological polar surface area (TPSA) is 117 Å². The van der Waals surface area contributed by atoms with Crippen molar-refractivity contribution in [3.8, 4) is 0 Å². The fraction of sp³-hybridized carbons (Fsp3) is 0.828. The lowest BCUT2D eigenvalue weighted by molar-refractivity contribution is -0.211. The fourth-order valence-electron chi connectivity index (χ4n) is 7.66. The number of carbonyl (C=O) groups is 1. The lowest BCUT2D eigenvalue weighted by atomic mass is 9.72. The third-order valence-corrected chi connectivity index (χ3v) is 10.0. The summed E-state index contributed by atoms with van der Waals surface area (Å²) in [5.74, 6) is -1.50. The smallest absolute Gasteiger partial charge is 0.379 e. The largest absolute Gasteiger partial charge is 0.423 e. The molecule has 5 rings (SSSR count). The Morgan fingerprint density at radius 2 is 1.67 bits per heavy atom. The Morgan fingerprint density at radius 1 is 1.00 bits per heavy atom. The molecule has 1 aliphatic carbocycles. The van der Waals surface area contributed by atoms with Gasteiger partial charge in [0.2, 0.25) is 5.91 Å². The molecule has 0 bridgehead atoms. The highest BCUT2D eigenvalue weighted by Gasteiger charge is 2.56. The molecule has 254 valence electrons. The van der Waals surface area contributed by atoms with Crippen molar-refractivity contribution in [1.29, 1.82) is 0 Å². The second-order valence-electron chi connectivity index (χ2n) is 13.1. The second kappa shape index (κ2) is 13.7. The molecular formula is C29H44F6N8O2. The molecule has 16 heteroatoms. The Morgan fingerprint density at radius 3 is 2.31 bits per heavy atom. The van der Waals surface area contributed by atoms with E-state index in [4.69, 9.17) is 0 Å². The van der Waals surface area contributed by atoms with E-state index in [-0.39, 0.29) is 31.3 Å². The Hall–Kier alpha value is -2.43. The molecule has 0 aromatic carbocycles. The summed E-state index contributed by atoms with van der Waals surface area (Å²) in [7, 11) is 0. The maximum atomic E-state index is 14.1. The quantitative estimate of drug-likeness (QED) is 0.286. The summed E-state index contributed by atoms with van der Waals surface area (Å²) in [6.45, 7) is 3.54. The molecular weight excluding hydrogens is 606 g/mol. The summed E-state index contributed by atoms with van der Waals surface area (Å²) < 4.78 is 82.5. The van der Waals surface area contributed by atoms with Crippen molar-refractivity contribution in [3.63, 3.8) is 0 Å². The van der Waals surface area contributed by atoms with Crippen LogP contribution in [-0.4, -0.2) is 94.8 Å². The van der Waals surface area contributed by atoms with Gasteiger partial charge in [0, 0.05) is 50.3 Å². The average Bonchev–Trinajstić information content (AvgIpc) is 3.33. The molecule has 1 aromatic rings. The van der Waals surface area contributed by atoms with Crippen LogP contribution in [0.15, 0.2) is 11.0 Å². The molecule has 0 radical (unpaired) electrons. The van der Waals surface area contributed by atoms with E-state index < -0.39 is 52.7 Å². The Labute approximate surface area is 258 Å². The highest BCUT2D eigenvalue weighted by atomic mass is 19.4. The Bertz CT molecular complexity index is 1210. The van der Waals surface area contributed by atoms with Gasteiger partial charge in [0.1, 0.15) is 11.9 Å². The van der Waals surface area contributed by atoms with Gasteiger partial charge in [-0.15, -0.1) is 0 Å². The highest BCUT2D eigenvalue weighted by molar-refractivity contribution is 5.84. The number of piperidine rings is 1. The minimum absolute atomic E-state index is 0.00873. The molecule has 1 saturated carbocycles. The van der Waals surface area contributed by atoms with E-state index in [0.717, 1.165) is 38.3 Å². The lowest BCUT2D eigenvalue weighted by Gasteiger charge is -2.53. The van der Waals surface area contributed by atoms with E-state index in [1.54, 1.807) is 12.0 Å². The standard InChI is InChI=1S/C29H44F6N8O2/c1-18(39-21-16-38-41-24(44)23(21)29(33,34)35)15-36-20-9-14-43(25(20)45)19-7-12-42(13-8-19)26-37-17-22(28(30,31)32)27(40-26)10-5-3-2-4-6-11-27/h16,18-20,22,26,36-37,40H,2-15,17H2,1H3,(H2,39,41,44)/t18-,20-,22?,26?/m1/s1. The molecule has 4 atom stereocenters. The van der Waals surface area contributed by atoms with Gasteiger partial charge in [-0.2, -0.15) is 31.4 Å². The summed E-state index contributed by atoms with van der Waals surface area (Å²) in [6.07, 6.45) is -1.04. The number of nitrogens with one attached hydrogen (secondary N) is 5. The summed E-state index contributed by atoms with van der Waals surface area (Å²) >= 11 is 0. The SMILES string of the molecule is C[C@H](CN[C@@H]1CCN(C2CCN(C3NCC(C(F)(F)F)C4(CCCCCCC4)N3)CC2)C1=O)Nc1cn[nH]c(=O)c1C(F)(F)F. The zero-order valence-electron chi connectivity index (χ0n) is 25.5. The van der Waals surface area contributed by atoms with Crippen molar-refractivity contribution in [2.75, 3.05) is 38.0 Å². The number of rotatable bonds is 7. The number of anilines is 1. The molecule has 3 saturated heterocycles. The molecule has 1 amide bonds. The van der Waals surface area contributed by atoms with E-state index in [0.29, 0.717) is 51.7 Å². The van der Waals surface area contributed by atoms with Crippen molar-refractivity contribution in [3.05, 3.63) is 22.1 Å². The molecule has 45 heavy (non-hydrogen) atoms. The van der Waals surface area contributed by atoms with Gasteiger partial charge >= 0.3 is 12.4 Å². The van der Waals surface area contributed by atoms with Crippen LogP contribution in [0.4, 0.5) is 32.0 Å². The summed E-state index contributed by atoms with van der Waals surface area (Å²) in [5, 5.41) is 17.7. The van der Waals surface area contributed by atoms with E-state index >= 15 is 0 Å². The van der Waals surface area contributed by atoms with E-state index in [1.165, 1.54) is 0 Å². The number of hydrogen-bond donors (Lipinski definition) is 5. The van der Waals surface area contributed by atoms with Gasteiger partial charge in [-0.05, 0) is 39.0 Å². The molecule has 4 aliphatic rings. The average molecular weight is 651 g/mol. The predicted molar refractivity (Wildman–Crippen MR) is 155 cm³/mol. The van der Waals surface area contributed by atoms with Gasteiger partial charge in [-0.25, -0.2) is 5.10 Å². The van der Waals surface area contributed by atoms with Gasteiger partial charge in [0.15, 0.2) is 0 Å². The minimum atomic E-state index is -4.85. The molecule has 3 aliphatic heterocycles. The number of H-pyrrole nitrogens is 1. The molecule has 1 aromatic heterocycles. The first-order valence-corrected chi connectivity index (χ1v) is 16.1. The zero-order chi connectivity index (χ0) is 32.4. The van der Waals surface area contributed by atoms with Crippen molar-refractivity contribution in [2.45, 2.75) is 113 Å². The van der Waals surface area contributed by atoms with E-state index in [2.05, 4.69) is 31.3 Å². The number of aromatic nitrogens is 2. The van der Waals surface area contributed by atoms with Gasteiger partial charge in [-0.1, -0.05) is 32.1 Å². The normalized spacial score (nSPS) is 28.2. The third-order valence-electron chi connectivity index (χ3n) is 10.0. The Kier molecular flexibility index (Phi) is 10.4. The molecule has 5 N–H and O–H groups in total. The van der Waals surface area contributed by atoms with Gasteiger partial charge in [0.25, 0.3) is 5.56 Å². The number of amides is 1. The van der Waals surface area contributed by atoms with Crippen LogP contribution in [0, 0.1) is 5.92 Å². The lowest BCUT2D eigenvalue weighted by Crippen LogP contribution is -2.74. The van der Waals surface area contributed by atoms with Crippen LogP contribution < -0.4 is 26.8 Å². The van der Waals surface area contributed by atoms with Crippen molar-refractivity contribution >= 4 is 11.6 Å². The maximum absolute atomic E-state index is 14.1. The van der Waals surface area contributed by atoms with Gasteiger partial charge in [-0.3, -0.25) is 25.1 Å². The number of carbonyl (C=O) groups excluding carboxylic acids is 1. The van der Waals surface area contributed by atoms with Crippen molar-refractivity contribution in [2.24, 2.45) is 5.92 Å². The van der Waals surface area contributed by atoms with Crippen LogP contribution in [0.1, 0.15) is 76.7 Å². The number of nitrogens with zero attached hydrogens (tertiary/aromatic N) is 3. The van der Waals surface area contributed by atoms with Crippen LogP contribution >= 0.6 is 0 Å². The Balaban J connectivity index is 1.12. The number of halogens is 6. The number of hydrogen-bond acceptors (Lipinski definition) is 8. The van der Waals surface area contributed by atoms with Gasteiger partial charge < -0.3 is 15.5 Å². The number of aromatic amines is 1. The van der Waals surface area contributed by atoms with Crippen LogP contribution in [0.2, 0.25) is 0 Å². The van der Waals surface area contributed by atoms with Crippen LogP contribution in [0.3, 0.4) is 0 Å². The van der Waals surface area contributed by atoms with E-state index in [1.807, 2.05) is 4.90 Å². The first-order chi connectivity index (χ1) is 21.3. The predicted octanol–water partition coefficient (Wildman–Crippen LogP) is 3.38. The molecule has 4 heterocycles. The monoisotopic (exact) mass is 650 g/mol. The second-order valence-corrected chi connectivity index (χ2v) is 13.1. The minimum Gasteiger partial charge on any atom is -0.379 e. The van der Waals surface area contributed by atoms with Crippen LogP contribution in [-0.2, 0) is 11.0 Å². The van der Waals surface area contributed by atoms with E-state index in [9.17, 15) is 35.9 Å². The number of likely N-dealkylation sites (tertiary alicyclic amines) is 2. The zero-order valence-corrected chi connectivity index (χ0v) is 25.5.